The molecule has 8 heteroatoms. The molecule has 0 amide bonds. The number of imidazole rings is 1. The van der Waals surface area contributed by atoms with E-state index >= 15 is 0 Å². The smallest absolute Gasteiger partial charge is 0.369 e. The van der Waals surface area contributed by atoms with E-state index in [1.165, 1.54) is 27.9 Å². The average Bonchev–Trinajstić information content (AvgIpc) is 3.33. The van der Waals surface area contributed by atoms with E-state index in [0.29, 0.717) is 30.4 Å². The van der Waals surface area contributed by atoms with E-state index < -0.39 is 5.69 Å². The van der Waals surface area contributed by atoms with E-state index in [0.717, 1.165) is 29.8 Å². The molecule has 0 radical (unpaired) electrons. The summed E-state index contributed by atoms with van der Waals surface area (Å²) < 4.78 is 24.6. The van der Waals surface area contributed by atoms with Gasteiger partial charge in [-0.3, -0.25) is 4.68 Å². The second-order valence-electron chi connectivity index (χ2n) is 8.04. The van der Waals surface area contributed by atoms with Crippen molar-refractivity contribution in [1.82, 2.24) is 23.9 Å². The van der Waals surface area contributed by atoms with Gasteiger partial charge < -0.3 is 9.30 Å². The van der Waals surface area contributed by atoms with Gasteiger partial charge in [-0.1, -0.05) is 6.07 Å². The van der Waals surface area contributed by atoms with Gasteiger partial charge in [-0.2, -0.15) is 9.67 Å². The van der Waals surface area contributed by atoms with E-state index in [9.17, 15) is 9.18 Å². The van der Waals surface area contributed by atoms with Gasteiger partial charge in [0.15, 0.2) is 11.6 Å². The first kappa shape index (κ1) is 18.8. The lowest BCUT2D eigenvalue weighted by Gasteiger charge is -2.26. The number of fused-ring (bicyclic) bond motifs is 2. The number of benzene rings is 2. The van der Waals surface area contributed by atoms with Crippen LogP contribution in [0.4, 0.5) is 4.39 Å². The Morgan fingerprint density at radius 3 is 2.62 bits per heavy atom. The Bertz CT molecular complexity index is 1440. The summed E-state index contributed by atoms with van der Waals surface area (Å²) in [5, 5.41) is 0. The molecule has 1 aliphatic heterocycles. The van der Waals surface area contributed by atoms with Gasteiger partial charge in [-0.05, 0) is 72.9 Å². The SMILES string of the molecule is Cc1cn(-c2ccc(/C=C3/OCCn4c3nc(=O)n4-c3ccc(F)cc3)c3c2CC3)cn1. The number of rotatable bonds is 3. The number of aromatic nitrogens is 5. The molecule has 2 aromatic carbocycles. The fraction of sp³-hybridized carbons (Fsp3) is 0.208. The van der Waals surface area contributed by atoms with Crippen molar-refractivity contribution < 1.29 is 9.13 Å². The molecule has 4 aromatic rings. The normalized spacial score (nSPS) is 15.8. The molecule has 0 N–H and O–H groups in total. The average molecular weight is 429 g/mol. The van der Waals surface area contributed by atoms with Crippen LogP contribution in [0.5, 0.6) is 0 Å². The summed E-state index contributed by atoms with van der Waals surface area (Å²) in [4.78, 5) is 21.2. The number of aryl methyl sites for hydroxylation is 1. The van der Waals surface area contributed by atoms with E-state index in [-0.39, 0.29) is 5.82 Å². The van der Waals surface area contributed by atoms with Gasteiger partial charge in [0, 0.05) is 11.9 Å². The van der Waals surface area contributed by atoms with Crippen molar-refractivity contribution in [2.75, 3.05) is 6.61 Å². The standard InChI is InChI=1S/C24H20FN5O2/c1-15-13-28(14-26-15)21-9-2-16(19-7-8-20(19)21)12-22-23-27-24(31)30(29(23)10-11-32-22)18-5-3-17(25)4-6-18/h2-6,9,12-14H,7-8,10-11H2,1H3/b22-12+. The highest BCUT2D eigenvalue weighted by Crippen LogP contribution is 2.34. The van der Waals surface area contributed by atoms with Gasteiger partial charge in [0.2, 0.25) is 0 Å². The van der Waals surface area contributed by atoms with Crippen LogP contribution in [0.1, 0.15) is 28.2 Å². The van der Waals surface area contributed by atoms with E-state index in [2.05, 4.69) is 26.7 Å². The summed E-state index contributed by atoms with van der Waals surface area (Å²) >= 11 is 0. The van der Waals surface area contributed by atoms with Crippen LogP contribution >= 0.6 is 0 Å². The zero-order valence-corrected chi connectivity index (χ0v) is 17.5. The molecule has 32 heavy (non-hydrogen) atoms. The summed E-state index contributed by atoms with van der Waals surface area (Å²) in [6, 6.07) is 9.99. The van der Waals surface area contributed by atoms with Gasteiger partial charge in [0.05, 0.1) is 24.3 Å². The zero-order chi connectivity index (χ0) is 21.8. The van der Waals surface area contributed by atoms with Crippen molar-refractivity contribution in [3.8, 4) is 11.4 Å². The molecular weight excluding hydrogens is 409 g/mol. The first-order valence-corrected chi connectivity index (χ1v) is 10.5. The quantitative estimate of drug-likeness (QED) is 0.501. The second-order valence-corrected chi connectivity index (χ2v) is 8.04. The van der Waals surface area contributed by atoms with E-state index in [1.54, 1.807) is 16.8 Å². The molecule has 3 heterocycles. The molecule has 7 nitrogen and oxygen atoms in total. The Balaban J connectivity index is 1.42. The van der Waals surface area contributed by atoms with Crippen molar-refractivity contribution in [1.29, 1.82) is 0 Å². The summed E-state index contributed by atoms with van der Waals surface area (Å²) in [7, 11) is 0. The number of hydrogen-bond donors (Lipinski definition) is 0. The number of halogens is 1. The maximum absolute atomic E-state index is 13.3. The first-order chi connectivity index (χ1) is 15.6. The molecule has 2 aliphatic rings. The highest BCUT2D eigenvalue weighted by Gasteiger charge is 2.26. The van der Waals surface area contributed by atoms with Crippen LogP contribution in [0.3, 0.4) is 0 Å². The first-order valence-electron chi connectivity index (χ1n) is 10.5. The second kappa shape index (κ2) is 7.05. The van der Waals surface area contributed by atoms with Crippen LogP contribution in [0.2, 0.25) is 0 Å². The minimum Gasteiger partial charge on any atom is -0.488 e. The maximum atomic E-state index is 13.3. The Hall–Kier alpha value is -3.94. The molecular formula is C24H20FN5O2. The third-order valence-corrected chi connectivity index (χ3v) is 6.07. The minimum absolute atomic E-state index is 0.351. The monoisotopic (exact) mass is 429 g/mol. The maximum Gasteiger partial charge on any atom is 0.369 e. The van der Waals surface area contributed by atoms with Gasteiger partial charge in [-0.15, -0.1) is 0 Å². The third-order valence-electron chi connectivity index (χ3n) is 6.07. The zero-order valence-electron chi connectivity index (χ0n) is 17.5. The van der Waals surface area contributed by atoms with E-state index in [1.807, 2.05) is 25.5 Å². The molecule has 0 spiro atoms. The molecule has 160 valence electrons. The number of ether oxygens (including phenoxy) is 1. The van der Waals surface area contributed by atoms with Crippen molar-refractivity contribution in [3.05, 3.63) is 93.4 Å². The predicted octanol–water partition coefficient (Wildman–Crippen LogP) is 3.29. The van der Waals surface area contributed by atoms with Crippen LogP contribution in [0, 0.1) is 12.7 Å². The lowest BCUT2D eigenvalue weighted by atomic mass is 9.83. The van der Waals surface area contributed by atoms with Gasteiger partial charge in [0.25, 0.3) is 0 Å². The fourth-order valence-corrected chi connectivity index (χ4v) is 4.44. The van der Waals surface area contributed by atoms with Gasteiger partial charge in [0.1, 0.15) is 12.4 Å². The molecule has 0 fully saturated rings. The molecule has 1 aliphatic carbocycles. The molecule has 0 saturated heterocycles. The largest absolute Gasteiger partial charge is 0.488 e. The fourth-order valence-electron chi connectivity index (χ4n) is 4.44. The Morgan fingerprint density at radius 1 is 1.09 bits per heavy atom. The van der Waals surface area contributed by atoms with Gasteiger partial charge in [-0.25, -0.2) is 14.2 Å². The predicted molar refractivity (Wildman–Crippen MR) is 117 cm³/mol. The lowest BCUT2D eigenvalue weighted by molar-refractivity contribution is 0.223. The molecule has 0 bridgehead atoms. The van der Waals surface area contributed by atoms with E-state index in [4.69, 9.17) is 4.74 Å². The highest BCUT2D eigenvalue weighted by atomic mass is 19.1. The number of hydrogen-bond acceptors (Lipinski definition) is 4. The Morgan fingerprint density at radius 2 is 1.91 bits per heavy atom. The number of nitrogens with zero attached hydrogens (tertiary/aromatic N) is 5. The summed E-state index contributed by atoms with van der Waals surface area (Å²) in [6.45, 7) is 2.88. The Labute approximate surface area is 183 Å². The molecule has 0 saturated carbocycles. The van der Waals surface area contributed by atoms with Crippen LogP contribution in [0.25, 0.3) is 23.2 Å². The van der Waals surface area contributed by atoms with Crippen LogP contribution in [-0.4, -0.2) is 30.5 Å². The summed E-state index contributed by atoms with van der Waals surface area (Å²) in [5.41, 5.74) is 5.94. The van der Waals surface area contributed by atoms with Crippen molar-refractivity contribution >= 4 is 11.8 Å². The molecule has 2 aromatic heterocycles. The lowest BCUT2D eigenvalue weighted by Crippen LogP contribution is -2.26. The van der Waals surface area contributed by atoms with Crippen molar-refractivity contribution in [3.63, 3.8) is 0 Å². The molecule has 0 unspecified atom stereocenters. The molecule has 6 rings (SSSR count). The van der Waals surface area contributed by atoms with Crippen LogP contribution < -0.4 is 5.69 Å². The highest BCUT2D eigenvalue weighted by molar-refractivity contribution is 5.78. The van der Waals surface area contributed by atoms with Gasteiger partial charge >= 0.3 is 5.69 Å². The topological polar surface area (TPSA) is 66.9 Å². The molecule has 0 atom stereocenters. The summed E-state index contributed by atoms with van der Waals surface area (Å²) in [6.07, 6.45) is 7.84. The third kappa shape index (κ3) is 2.90. The minimum atomic E-state index is -0.415. The van der Waals surface area contributed by atoms with Crippen LogP contribution in [-0.2, 0) is 24.1 Å². The Kier molecular flexibility index (Phi) is 4.14. The van der Waals surface area contributed by atoms with Crippen LogP contribution in [0.15, 0.2) is 53.7 Å². The summed E-state index contributed by atoms with van der Waals surface area (Å²) in [5.74, 6) is 0.693. The van der Waals surface area contributed by atoms with Crippen molar-refractivity contribution in [2.24, 2.45) is 0 Å². The van der Waals surface area contributed by atoms with Crippen molar-refractivity contribution in [2.45, 2.75) is 26.3 Å².